The minimum Gasteiger partial charge on any atom is -0.493 e. The lowest BCUT2D eigenvalue weighted by atomic mass is 9.96. The summed E-state index contributed by atoms with van der Waals surface area (Å²) in [7, 11) is 3.22. The van der Waals surface area contributed by atoms with E-state index in [4.69, 9.17) is 9.47 Å². The Morgan fingerprint density at radius 3 is 2.66 bits per heavy atom. The van der Waals surface area contributed by atoms with Crippen LogP contribution in [0.3, 0.4) is 0 Å². The average Bonchev–Trinajstić information content (AvgIpc) is 3.38. The van der Waals surface area contributed by atoms with E-state index in [0.717, 1.165) is 43.4 Å². The zero-order chi connectivity index (χ0) is 20.4. The van der Waals surface area contributed by atoms with Crippen LogP contribution in [0.25, 0.3) is 0 Å². The van der Waals surface area contributed by atoms with E-state index in [0.29, 0.717) is 18.0 Å². The second-order valence-electron chi connectivity index (χ2n) is 7.92. The van der Waals surface area contributed by atoms with Gasteiger partial charge in [0.15, 0.2) is 11.5 Å². The molecule has 0 spiro atoms. The summed E-state index contributed by atoms with van der Waals surface area (Å²) in [4.78, 5) is 14.9. The molecule has 29 heavy (non-hydrogen) atoms. The monoisotopic (exact) mass is 398 g/mol. The summed E-state index contributed by atoms with van der Waals surface area (Å²) < 4.78 is 24.3. The summed E-state index contributed by atoms with van der Waals surface area (Å²) in [6.45, 7) is 1.25. The Labute approximate surface area is 170 Å². The number of carbonyl (C=O) groups excluding carboxylic acids is 1. The number of nitrogens with one attached hydrogen (secondary N) is 1. The molecule has 154 valence electrons. The number of methoxy groups -OCH3 is 2. The topological polar surface area (TPSA) is 50.8 Å². The van der Waals surface area contributed by atoms with Crippen LogP contribution >= 0.6 is 0 Å². The van der Waals surface area contributed by atoms with Crippen LogP contribution in [0.1, 0.15) is 42.9 Å². The SMILES string of the molecule is COc1ccc(C2CCCN2C(=O)NCC2(c3cccc(F)c3)CC2)cc1OC. The van der Waals surface area contributed by atoms with Crippen LogP contribution in [0.15, 0.2) is 42.5 Å². The van der Waals surface area contributed by atoms with Crippen molar-refractivity contribution in [1.82, 2.24) is 10.2 Å². The molecule has 6 heteroatoms. The number of ether oxygens (including phenoxy) is 2. The first-order chi connectivity index (χ1) is 14.1. The maximum absolute atomic E-state index is 13.6. The molecule has 2 aromatic rings. The van der Waals surface area contributed by atoms with Gasteiger partial charge < -0.3 is 19.7 Å². The first-order valence-electron chi connectivity index (χ1n) is 10.1. The van der Waals surface area contributed by atoms with E-state index in [9.17, 15) is 9.18 Å². The molecule has 0 aromatic heterocycles. The smallest absolute Gasteiger partial charge is 0.317 e. The van der Waals surface area contributed by atoms with Gasteiger partial charge in [0.1, 0.15) is 5.82 Å². The standard InChI is InChI=1S/C23H27FN2O3/c1-28-20-9-8-16(13-21(20)29-2)19-7-4-12-26(19)22(27)25-15-23(10-11-23)17-5-3-6-18(24)14-17/h3,5-6,8-9,13-14,19H,4,7,10-12,15H2,1-2H3,(H,25,27). The molecular weight excluding hydrogens is 371 g/mol. The van der Waals surface area contributed by atoms with E-state index >= 15 is 0 Å². The minimum atomic E-state index is -0.229. The van der Waals surface area contributed by atoms with Crippen molar-refractivity contribution in [3.63, 3.8) is 0 Å². The second kappa shape index (κ2) is 7.93. The lowest BCUT2D eigenvalue weighted by molar-refractivity contribution is 0.192. The van der Waals surface area contributed by atoms with E-state index in [-0.39, 0.29) is 23.3 Å². The molecule has 1 aliphatic carbocycles. The molecule has 1 atom stereocenters. The predicted octanol–water partition coefficient (Wildman–Crippen LogP) is 4.42. The summed E-state index contributed by atoms with van der Waals surface area (Å²) in [5, 5.41) is 3.10. The number of likely N-dealkylation sites (tertiary alicyclic amines) is 1. The number of rotatable bonds is 6. The Bertz CT molecular complexity index is 897. The van der Waals surface area contributed by atoms with Gasteiger partial charge in [-0.15, -0.1) is 0 Å². The molecule has 0 bridgehead atoms. The molecular formula is C23H27FN2O3. The number of halogens is 1. The summed E-state index contributed by atoms with van der Waals surface area (Å²) in [6, 6.07) is 12.5. The van der Waals surface area contributed by atoms with Crippen LogP contribution < -0.4 is 14.8 Å². The molecule has 1 saturated carbocycles. The highest BCUT2D eigenvalue weighted by molar-refractivity contribution is 5.75. The first-order valence-corrected chi connectivity index (χ1v) is 10.1. The fraction of sp³-hybridized carbons (Fsp3) is 0.435. The maximum Gasteiger partial charge on any atom is 0.317 e. The quantitative estimate of drug-likeness (QED) is 0.784. The molecule has 2 aliphatic rings. The molecule has 1 aliphatic heterocycles. The van der Waals surface area contributed by atoms with Crippen molar-refractivity contribution in [2.24, 2.45) is 0 Å². The van der Waals surface area contributed by atoms with Crippen LogP contribution in [0, 0.1) is 5.82 Å². The number of benzene rings is 2. The molecule has 2 aromatic carbocycles. The predicted molar refractivity (Wildman–Crippen MR) is 109 cm³/mol. The Morgan fingerprint density at radius 1 is 1.17 bits per heavy atom. The van der Waals surface area contributed by atoms with Crippen molar-refractivity contribution in [3.05, 3.63) is 59.4 Å². The normalized spacial score (nSPS) is 19.7. The van der Waals surface area contributed by atoms with Gasteiger partial charge in [-0.1, -0.05) is 18.2 Å². The number of amides is 2. The molecule has 2 fully saturated rings. The highest BCUT2D eigenvalue weighted by Crippen LogP contribution is 2.48. The fourth-order valence-electron chi connectivity index (χ4n) is 4.30. The van der Waals surface area contributed by atoms with Gasteiger partial charge in [-0.3, -0.25) is 0 Å². The molecule has 1 saturated heterocycles. The molecule has 1 N–H and O–H groups in total. The van der Waals surface area contributed by atoms with Gasteiger partial charge in [0.05, 0.1) is 20.3 Å². The van der Waals surface area contributed by atoms with Gasteiger partial charge in [0.25, 0.3) is 0 Å². The van der Waals surface area contributed by atoms with E-state index < -0.39 is 0 Å². The lowest BCUT2D eigenvalue weighted by Gasteiger charge is -2.27. The van der Waals surface area contributed by atoms with Crippen LogP contribution in [0.2, 0.25) is 0 Å². The maximum atomic E-state index is 13.6. The van der Waals surface area contributed by atoms with Crippen LogP contribution in [-0.2, 0) is 5.41 Å². The molecule has 2 amide bonds. The van der Waals surface area contributed by atoms with Gasteiger partial charge >= 0.3 is 6.03 Å². The molecule has 4 rings (SSSR count). The number of hydrogen-bond acceptors (Lipinski definition) is 3. The van der Waals surface area contributed by atoms with Crippen molar-refractivity contribution in [1.29, 1.82) is 0 Å². The number of urea groups is 1. The Morgan fingerprint density at radius 2 is 1.97 bits per heavy atom. The largest absolute Gasteiger partial charge is 0.493 e. The number of hydrogen-bond donors (Lipinski definition) is 1. The highest BCUT2D eigenvalue weighted by atomic mass is 19.1. The van der Waals surface area contributed by atoms with Crippen molar-refractivity contribution >= 4 is 6.03 Å². The zero-order valence-electron chi connectivity index (χ0n) is 16.9. The van der Waals surface area contributed by atoms with Crippen LogP contribution in [0.5, 0.6) is 11.5 Å². The second-order valence-corrected chi connectivity index (χ2v) is 7.92. The van der Waals surface area contributed by atoms with Gasteiger partial charge in [-0.2, -0.15) is 0 Å². The van der Waals surface area contributed by atoms with Crippen molar-refractivity contribution in [2.75, 3.05) is 27.3 Å². The van der Waals surface area contributed by atoms with Crippen LogP contribution in [0.4, 0.5) is 9.18 Å². The third kappa shape index (κ3) is 3.88. The zero-order valence-corrected chi connectivity index (χ0v) is 16.9. The average molecular weight is 398 g/mol. The molecule has 1 heterocycles. The van der Waals surface area contributed by atoms with E-state index in [2.05, 4.69) is 5.32 Å². The van der Waals surface area contributed by atoms with Gasteiger partial charge in [0.2, 0.25) is 0 Å². The van der Waals surface area contributed by atoms with E-state index in [1.54, 1.807) is 26.4 Å². The number of nitrogens with zero attached hydrogens (tertiary/aromatic N) is 1. The molecule has 0 radical (unpaired) electrons. The third-order valence-electron chi connectivity index (χ3n) is 6.17. The summed E-state index contributed by atoms with van der Waals surface area (Å²) in [6.07, 6.45) is 3.81. The van der Waals surface area contributed by atoms with Gasteiger partial charge in [0, 0.05) is 18.5 Å². The minimum absolute atomic E-state index is 0.0131. The van der Waals surface area contributed by atoms with Gasteiger partial charge in [-0.05, 0) is 61.1 Å². The summed E-state index contributed by atoms with van der Waals surface area (Å²) in [5.41, 5.74) is 1.88. The summed E-state index contributed by atoms with van der Waals surface area (Å²) in [5.74, 6) is 1.12. The van der Waals surface area contributed by atoms with Crippen molar-refractivity contribution in [3.8, 4) is 11.5 Å². The highest BCUT2D eigenvalue weighted by Gasteiger charge is 2.45. The van der Waals surface area contributed by atoms with Crippen LogP contribution in [-0.4, -0.2) is 38.2 Å². The van der Waals surface area contributed by atoms with Crippen molar-refractivity contribution < 1.29 is 18.7 Å². The Hall–Kier alpha value is -2.76. The lowest BCUT2D eigenvalue weighted by Crippen LogP contribution is -2.42. The summed E-state index contributed by atoms with van der Waals surface area (Å²) >= 11 is 0. The van der Waals surface area contributed by atoms with Crippen molar-refractivity contribution in [2.45, 2.75) is 37.1 Å². The van der Waals surface area contributed by atoms with Gasteiger partial charge in [-0.25, -0.2) is 9.18 Å². The first kappa shape index (κ1) is 19.6. The Balaban J connectivity index is 1.45. The fourth-order valence-corrected chi connectivity index (χ4v) is 4.30. The molecule has 1 unspecified atom stereocenters. The third-order valence-corrected chi connectivity index (χ3v) is 6.17. The van der Waals surface area contributed by atoms with E-state index in [1.165, 1.54) is 6.07 Å². The van der Waals surface area contributed by atoms with E-state index in [1.807, 2.05) is 29.2 Å². The molecule has 5 nitrogen and oxygen atoms in total. The Kier molecular flexibility index (Phi) is 5.35. The number of carbonyl (C=O) groups is 1.